The Kier molecular flexibility index (Phi) is 4.04. The second-order valence-electron chi connectivity index (χ2n) is 8.31. The van der Waals surface area contributed by atoms with Crippen LogP contribution in [-0.2, 0) is 20.6 Å². The molecule has 0 spiro atoms. The standard InChI is InChI=1S/C24H21N5O4/c1-14-4-7-16(8-5-14)17-12-29-20-21(26(2)24(31)27(3)22(20)30)25-23(29)28(17)11-15-6-9-18-19(10-15)33-13-32-18/h4-10,12H,11,13H2,1-3H3. The Morgan fingerprint density at radius 1 is 0.970 bits per heavy atom. The maximum Gasteiger partial charge on any atom is 0.332 e. The molecule has 0 fully saturated rings. The number of ether oxygens (including phenoxy) is 2. The Labute approximate surface area is 187 Å². The van der Waals surface area contributed by atoms with Gasteiger partial charge < -0.3 is 14.0 Å². The molecule has 33 heavy (non-hydrogen) atoms. The van der Waals surface area contributed by atoms with Crippen molar-refractivity contribution in [3.63, 3.8) is 0 Å². The summed E-state index contributed by atoms with van der Waals surface area (Å²) in [6.45, 7) is 2.75. The molecule has 0 N–H and O–H groups in total. The van der Waals surface area contributed by atoms with Crippen LogP contribution in [0.5, 0.6) is 11.5 Å². The monoisotopic (exact) mass is 443 g/mol. The topological polar surface area (TPSA) is 84.7 Å². The van der Waals surface area contributed by atoms with Gasteiger partial charge >= 0.3 is 5.69 Å². The van der Waals surface area contributed by atoms with Crippen LogP contribution in [0.25, 0.3) is 28.2 Å². The van der Waals surface area contributed by atoms with E-state index in [2.05, 4.69) is 24.3 Å². The summed E-state index contributed by atoms with van der Waals surface area (Å²) < 4.78 is 17.3. The van der Waals surface area contributed by atoms with Crippen LogP contribution in [0.2, 0.25) is 0 Å². The molecule has 0 saturated heterocycles. The van der Waals surface area contributed by atoms with Crippen LogP contribution in [0, 0.1) is 6.92 Å². The van der Waals surface area contributed by atoms with Crippen molar-refractivity contribution < 1.29 is 9.47 Å². The summed E-state index contributed by atoms with van der Waals surface area (Å²) in [6.07, 6.45) is 1.91. The summed E-state index contributed by atoms with van der Waals surface area (Å²) in [5, 5.41) is 0. The van der Waals surface area contributed by atoms with E-state index in [0.717, 1.165) is 32.7 Å². The second-order valence-corrected chi connectivity index (χ2v) is 8.31. The third-order valence-electron chi connectivity index (χ3n) is 6.18. The zero-order valence-electron chi connectivity index (χ0n) is 18.4. The van der Waals surface area contributed by atoms with Gasteiger partial charge in [0.2, 0.25) is 12.6 Å². The number of hydrogen-bond acceptors (Lipinski definition) is 5. The minimum absolute atomic E-state index is 0.212. The Balaban J connectivity index is 1.63. The molecular formula is C24H21N5O4. The molecule has 3 aromatic heterocycles. The summed E-state index contributed by atoms with van der Waals surface area (Å²) in [5.41, 5.74) is 4.01. The highest BCUT2D eigenvalue weighted by atomic mass is 16.7. The molecule has 0 aliphatic carbocycles. The number of benzene rings is 2. The predicted molar refractivity (Wildman–Crippen MR) is 123 cm³/mol. The largest absolute Gasteiger partial charge is 0.454 e. The number of aryl methyl sites for hydroxylation is 2. The van der Waals surface area contributed by atoms with Gasteiger partial charge in [-0.1, -0.05) is 35.9 Å². The quantitative estimate of drug-likeness (QED) is 0.428. The number of hydrogen-bond donors (Lipinski definition) is 0. The van der Waals surface area contributed by atoms with Crippen molar-refractivity contribution in [3.8, 4) is 22.8 Å². The molecule has 9 heteroatoms. The van der Waals surface area contributed by atoms with Gasteiger partial charge in [0.05, 0.1) is 12.2 Å². The lowest BCUT2D eigenvalue weighted by molar-refractivity contribution is 0.174. The lowest BCUT2D eigenvalue weighted by Crippen LogP contribution is -2.37. The number of imidazole rings is 2. The van der Waals surface area contributed by atoms with E-state index in [4.69, 9.17) is 14.5 Å². The summed E-state index contributed by atoms with van der Waals surface area (Å²) in [6, 6.07) is 14.0. The van der Waals surface area contributed by atoms with Gasteiger partial charge in [0, 0.05) is 20.3 Å². The maximum atomic E-state index is 13.0. The molecule has 0 atom stereocenters. The van der Waals surface area contributed by atoms with Crippen LogP contribution in [0.3, 0.4) is 0 Å². The molecular weight excluding hydrogens is 422 g/mol. The molecule has 4 heterocycles. The van der Waals surface area contributed by atoms with Gasteiger partial charge in [0.15, 0.2) is 22.7 Å². The van der Waals surface area contributed by atoms with E-state index in [1.165, 1.54) is 11.6 Å². The van der Waals surface area contributed by atoms with E-state index in [0.29, 0.717) is 29.2 Å². The van der Waals surface area contributed by atoms with Crippen LogP contribution >= 0.6 is 0 Å². The molecule has 2 aromatic carbocycles. The third-order valence-corrected chi connectivity index (χ3v) is 6.18. The highest BCUT2D eigenvalue weighted by Gasteiger charge is 2.22. The molecule has 0 radical (unpaired) electrons. The lowest BCUT2D eigenvalue weighted by Gasteiger charge is -2.10. The van der Waals surface area contributed by atoms with Crippen molar-refractivity contribution in [1.82, 2.24) is 23.1 Å². The predicted octanol–water partition coefficient (Wildman–Crippen LogP) is 2.44. The van der Waals surface area contributed by atoms with Crippen molar-refractivity contribution in [1.29, 1.82) is 0 Å². The number of rotatable bonds is 3. The Morgan fingerprint density at radius 2 is 1.73 bits per heavy atom. The van der Waals surface area contributed by atoms with Gasteiger partial charge in [-0.3, -0.25) is 18.3 Å². The van der Waals surface area contributed by atoms with Crippen molar-refractivity contribution in [2.75, 3.05) is 6.79 Å². The smallest absolute Gasteiger partial charge is 0.332 e. The van der Waals surface area contributed by atoms with E-state index in [9.17, 15) is 9.59 Å². The molecule has 1 aliphatic heterocycles. The number of fused-ring (bicyclic) bond motifs is 4. The van der Waals surface area contributed by atoms with E-state index < -0.39 is 5.69 Å². The molecule has 1 aliphatic rings. The Morgan fingerprint density at radius 3 is 2.52 bits per heavy atom. The van der Waals surface area contributed by atoms with Crippen LogP contribution in [0.4, 0.5) is 0 Å². The van der Waals surface area contributed by atoms with Gasteiger partial charge in [0.25, 0.3) is 5.56 Å². The zero-order chi connectivity index (χ0) is 22.9. The van der Waals surface area contributed by atoms with Crippen molar-refractivity contribution in [2.45, 2.75) is 13.5 Å². The Bertz CT molecular complexity index is 1690. The minimum Gasteiger partial charge on any atom is -0.454 e. The summed E-state index contributed by atoms with van der Waals surface area (Å²) in [7, 11) is 3.10. The van der Waals surface area contributed by atoms with Crippen molar-refractivity contribution >= 4 is 16.9 Å². The SMILES string of the molecule is Cc1ccc(-c2cn3c4c(=O)n(C)c(=O)n(C)c4nc3n2Cc2ccc3c(c2)OCO3)cc1. The van der Waals surface area contributed by atoms with Crippen molar-refractivity contribution in [3.05, 3.63) is 80.6 Å². The average molecular weight is 443 g/mol. The van der Waals surface area contributed by atoms with Crippen LogP contribution in [-0.4, -0.2) is 29.9 Å². The summed E-state index contributed by atoms with van der Waals surface area (Å²) >= 11 is 0. The van der Waals surface area contributed by atoms with E-state index in [1.54, 1.807) is 11.4 Å². The molecule has 9 nitrogen and oxygen atoms in total. The van der Waals surface area contributed by atoms with Crippen LogP contribution in [0.1, 0.15) is 11.1 Å². The van der Waals surface area contributed by atoms with Crippen molar-refractivity contribution in [2.24, 2.45) is 14.1 Å². The first-order valence-corrected chi connectivity index (χ1v) is 10.6. The van der Waals surface area contributed by atoms with Gasteiger partial charge in [0.1, 0.15) is 0 Å². The Hall–Kier alpha value is -4.27. The zero-order valence-corrected chi connectivity index (χ0v) is 18.4. The van der Waals surface area contributed by atoms with Crippen LogP contribution < -0.4 is 20.7 Å². The lowest BCUT2D eigenvalue weighted by atomic mass is 10.1. The first-order chi connectivity index (χ1) is 15.9. The van der Waals surface area contributed by atoms with Crippen LogP contribution in [0.15, 0.2) is 58.3 Å². The molecule has 6 rings (SSSR count). The number of aromatic nitrogens is 5. The fourth-order valence-electron chi connectivity index (χ4n) is 4.35. The second kappa shape index (κ2) is 6.86. The van der Waals surface area contributed by atoms with Gasteiger partial charge in [-0.15, -0.1) is 0 Å². The fourth-order valence-corrected chi connectivity index (χ4v) is 4.35. The summed E-state index contributed by atoms with van der Waals surface area (Å²) in [5.74, 6) is 2.01. The molecule has 0 amide bonds. The highest BCUT2D eigenvalue weighted by molar-refractivity contribution is 5.78. The fraction of sp³-hybridized carbons (Fsp3) is 0.208. The van der Waals surface area contributed by atoms with Gasteiger partial charge in [-0.05, 0) is 30.2 Å². The summed E-state index contributed by atoms with van der Waals surface area (Å²) in [4.78, 5) is 30.2. The minimum atomic E-state index is -0.408. The van der Waals surface area contributed by atoms with E-state index >= 15 is 0 Å². The highest BCUT2D eigenvalue weighted by Crippen LogP contribution is 2.34. The number of nitrogens with zero attached hydrogens (tertiary/aromatic N) is 5. The molecule has 0 saturated carbocycles. The first-order valence-electron chi connectivity index (χ1n) is 10.6. The molecule has 166 valence electrons. The third kappa shape index (κ3) is 2.82. The van der Waals surface area contributed by atoms with E-state index in [-0.39, 0.29) is 12.4 Å². The molecule has 5 aromatic rings. The van der Waals surface area contributed by atoms with Gasteiger partial charge in [-0.25, -0.2) is 4.79 Å². The molecule has 0 unspecified atom stereocenters. The first kappa shape index (κ1) is 19.4. The maximum absolute atomic E-state index is 13.0. The van der Waals surface area contributed by atoms with E-state index in [1.807, 2.05) is 35.9 Å². The normalized spacial score (nSPS) is 12.8. The molecule has 0 bridgehead atoms. The average Bonchev–Trinajstić information content (AvgIpc) is 3.51. The van der Waals surface area contributed by atoms with Gasteiger partial charge in [-0.2, -0.15) is 4.98 Å².